The van der Waals surface area contributed by atoms with E-state index in [1.54, 1.807) is 23.1 Å². The van der Waals surface area contributed by atoms with Crippen molar-refractivity contribution in [2.45, 2.75) is 6.42 Å². The van der Waals surface area contributed by atoms with E-state index in [-0.39, 0.29) is 18.4 Å². The highest BCUT2D eigenvalue weighted by Gasteiger charge is 2.23. The normalized spacial score (nSPS) is 16.0. The van der Waals surface area contributed by atoms with Crippen LogP contribution >= 0.6 is 23.2 Å². The van der Waals surface area contributed by atoms with Gasteiger partial charge in [-0.05, 0) is 42.0 Å². The predicted octanol–water partition coefficient (Wildman–Crippen LogP) is 3.22. The maximum atomic E-state index is 12.5. The largest absolute Gasteiger partial charge is 0.484 e. The molecule has 2 heterocycles. The fourth-order valence-corrected chi connectivity index (χ4v) is 3.72. The van der Waals surface area contributed by atoms with E-state index in [0.717, 1.165) is 30.0 Å². The predicted molar refractivity (Wildman–Crippen MR) is 110 cm³/mol. The molecule has 2 aromatic carbocycles. The highest BCUT2D eigenvalue weighted by atomic mass is 35.5. The van der Waals surface area contributed by atoms with E-state index >= 15 is 0 Å². The standard InChI is InChI=1S/C20H19Cl2N3O3/c21-16-3-1-14(11-17(16)22)24-5-7-25(8-6-24)20(27)12-28-15-2-4-18-13(9-15)10-19(26)23-18/h1-4,9,11H,5-8,10,12H2,(H,23,26). The van der Waals surface area contributed by atoms with E-state index in [1.807, 2.05) is 18.2 Å². The summed E-state index contributed by atoms with van der Waals surface area (Å²) >= 11 is 12.1. The molecule has 2 aromatic rings. The van der Waals surface area contributed by atoms with Gasteiger partial charge in [-0.15, -0.1) is 0 Å². The zero-order valence-corrected chi connectivity index (χ0v) is 16.6. The van der Waals surface area contributed by atoms with Gasteiger partial charge in [0.15, 0.2) is 6.61 Å². The second-order valence-corrected chi connectivity index (χ2v) is 7.61. The van der Waals surface area contributed by atoms with Crippen molar-refractivity contribution >= 4 is 46.4 Å². The van der Waals surface area contributed by atoms with Crippen LogP contribution in [0, 0.1) is 0 Å². The Balaban J connectivity index is 1.29. The lowest BCUT2D eigenvalue weighted by Crippen LogP contribution is -2.50. The smallest absolute Gasteiger partial charge is 0.260 e. The van der Waals surface area contributed by atoms with Crippen molar-refractivity contribution < 1.29 is 14.3 Å². The van der Waals surface area contributed by atoms with Crippen molar-refractivity contribution in [1.29, 1.82) is 0 Å². The Morgan fingerprint density at radius 2 is 1.82 bits per heavy atom. The highest BCUT2D eigenvalue weighted by molar-refractivity contribution is 6.42. The number of ether oxygens (including phenoxy) is 1. The summed E-state index contributed by atoms with van der Waals surface area (Å²) in [6.07, 6.45) is 0.344. The number of fused-ring (bicyclic) bond motifs is 1. The molecule has 2 aliphatic rings. The molecule has 0 unspecified atom stereocenters. The molecule has 6 nitrogen and oxygen atoms in total. The summed E-state index contributed by atoms with van der Waals surface area (Å²) in [5, 5.41) is 3.83. The molecule has 146 valence electrons. The number of hydrogen-bond donors (Lipinski definition) is 1. The zero-order chi connectivity index (χ0) is 19.7. The molecule has 0 saturated carbocycles. The third kappa shape index (κ3) is 4.03. The Morgan fingerprint density at radius 1 is 1.04 bits per heavy atom. The van der Waals surface area contributed by atoms with E-state index in [9.17, 15) is 9.59 Å². The Morgan fingerprint density at radius 3 is 2.57 bits per heavy atom. The molecule has 1 N–H and O–H groups in total. The molecule has 2 amide bonds. The summed E-state index contributed by atoms with van der Waals surface area (Å²) in [6, 6.07) is 10.9. The second kappa shape index (κ2) is 7.89. The Hall–Kier alpha value is -2.44. The van der Waals surface area contributed by atoms with Gasteiger partial charge in [-0.1, -0.05) is 23.2 Å². The molecule has 0 bridgehead atoms. The Kier molecular flexibility index (Phi) is 5.33. The third-order valence-electron chi connectivity index (χ3n) is 4.96. The van der Waals surface area contributed by atoms with Crippen LogP contribution in [0.3, 0.4) is 0 Å². The van der Waals surface area contributed by atoms with Crippen molar-refractivity contribution in [3.05, 3.63) is 52.0 Å². The van der Waals surface area contributed by atoms with Crippen LogP contribution < -0.4 is 15.0 Å². The van der Waals surface area contributed by atoms with Crippen molar-refractivity contribution in [3.8, 4) is 5.75 Å². The highest BCUT2D eigenvalue weighted by Crippen LogP contribution is 2.28. The van der Waals surface area contributed by atoms with Gasteiger partial charge in [-0.2, -0.15) is 0 Å². The lowest BCUT2D eigenvalue weighted by Gasteiger charge is -2.36. The average molecular weight is 420 g/mol. The minimum Gasteiger partial charge on any atom is -0.484 e. The van der Waals surface area contributed by atoms with E-state index in [0.29, 0.717) is 35.3 Å². The summed E-state index contributed by atoms with van der Waals surface area (Å²) in [7, 11) is 0. The van der Waals surface area contributed by atoms with Crippen LogP contribution in [0.15, 0.2) is 36.4 Å². The first-order chi connectivity index (χ1) is 13.5. The molecule has 0 aromatic heterocycles. The molecular weight excluding hydrogens is 401 g/mol. The van der Waals surface area contributed by atoms with Crippen LogP contribution in [0.4, 0.5) is 11.4 Å². The minimum atomic E-state index is -0.0523. The number of carbonyl (C=O) groups is 2. The van der Waals surface area contributed by atoms with Gasteiger partial charge in [-0.25, -0.2) is 0 Å². The Labute approximate surface area is 173 Å². The molecule has 4 rings (SSSR count). The molecule has 2 aliphatic heterocycles. The van der Waals surface area contributed by atoms with E-state index in [2.05, 4.69) is 10.2 Å². The van der Waals surface area contributed by atoms with Crippen LogP contribution in [-0.2, 0) is 16.0 Å². The van der Waals surface area contributed by atoms with Crippen molar-refractivity contribution in [1.82, 2.24) is 4.90 Å². The monoisotopic (exact) mass is 419 g/mol. The number of benzene rings is 2. The first kappa shape index (κ1) is 18.9. The van der Waals surface area contributed by atoms with Crippen LogP contribution in [0.2, 0.25) is 10.0 Å². The van der Waals surface area contributed by atoms with E-state index in [1.165, 1.54) is 0 Å². The molecule has 8 heteroatoms. The number of halogens is 2. The average Bonchev–Trinajstić information content (AvgIpc) is 3.07. The number of nitrogens with zero attached hydrogens (tertiary/aromatic N) is 2. The van der Waals surface area contributed by atoms with E-state index < -0.39 is 0 Å². The quantitative estimate of drug-likeness (QED) is 0.826. The first-order valence-corrected chi connectivity index (χ1v) is 9.78. The van der Waals surface area contributed by atoms with Gasteiger partial charge < -0.3 is 19.9 Å². The maximum Gasteiger partial charge on any atom is 0.260 e. The number of piperazine rings is 1. The molecule has 0 atom stereocenters. The van der Waals surface area contributed by atoms with Crippen LogP contribution in [0.5, 0.6) is 5.75 Å². The summed E-state index contributed by atoms with van der Waals surface area (Å²) in [6.45, 7) is 2.65. The van der Waals surface area contributed by atoms with Crippen molar-refractivity contribution in [3.63, 3.8) is 0 Å². The number of carbonyl (C=O) groups excluding carboxylic acids is 2. The van der Waals surface area contributed by atoms with E-state index in [4.69, 9.17) is 27.9 Å². The van der Waals surface area contributed by atoms with Gasteiger partial charge in [0.2, 0.25) is 5.91 Å². The van der Waals surface area contributed by atoms with Crippen LogP contribution in [0.25, 0.3) is 0 Å². The second-order valence-electron chi connectivity index (χ2n) is 6.80. The summed E-state index contributed by atoms with van der Waals surface area (Å²) in [4.78, 5) is 27.9. The number of amides is 2. The summed E-state index contributed by atoms with van der Waals surface area (Å²) in [5.74, 6) is 0.518. The van der Waals surface area contributed by atoms with Crippen LogP contribution in [0.1, 0.15) is 5.56 Å². The molecule has 1 fully saturated rings. The SMILES string of the molecule is O=C1Cc2cc(OCC(=O)N3CCN(c4ccc(Cl)c(Cl)c4)CC3)ccc2N1. The topological polar surface area (TPSA) is 61.9 Å². The summed E-state index contributed by atoms with van der Waals surface area (Å²) in [5.41, 5.74) is 2.70. The molecule has 0 spiro atoms. The van der Waals surface area contributed by atoms with Gasteiger partial charge in [0.1, 0.15) is 5.75 Å². The lowest BCUT2D eigenvalue weighted by molar-refractivity contribution is -0.133. The van der Waals surface area contributed by atoms with Gasteiger partial charge in [0.25, 0.3) is 5.91 Å². The Bertz CT molecular complexity index is 927. The number of anilines is 2. The maximum absolute atomic E-state index is 12.5. The first-order valence-electron chi connectivity index (χ1n) is 9.03. The fourth-order valence-electron chi connectivity index (χ4n) is 3.43. The molecule has 28 heavy (non-hydrogen) atoms. The fraction of sp³-hybridized carbons (Fsp3) is 0.300. The molecule has 0 aliphatic carbocycles. The molecule has 1 saturated heterocycles. The van der Waals surface area contributed by atoms with Gasteiger partial charge in [0.05, 0.1) is 16.5 Å². The number of nitrogens with one attached hydrogen (secondary N) is 1. The van der Waals surface area contributed by atoms with Crippen LogP contribution in [-0.4, -0.2) is 49.5 Å². The molecule has 0 radical (unpaired) electrons. The van der Waals surface area contributed by atoms with Crippen molar-refractivity contribution in [2.24, 2.45) is 0 Å². The zero-order valence-electron chi connectivity index (χ0n) is 15.1. The van der Waals surface area contributed by atoms with Gasteiger partial charge in [-0.3, -0.25) is 9.59 Å². The number of hydrogen-bond acceptors (Lipinski definition) is 4. The molecular formula is C20H19Cl2N3O3. The minimum absolute atomic E-state index is 0.0209. The summed E-state index contributed by atoms with van der Waals surface area (Å²) < 4.78 is 5.65. The van der Waals surface area contributed by atoms with Crippen molar-refractivity contribution in [2.75, 3.05) is 43.0 Å². The number of rotatable bonds is 4. The third-order valence-corrected chi connectivity index (χ3v) is 5.70. The lowest BCUT2D eigenvalue weighted by atomic mass is 10.1. The van der Waals surface area contributed by atoms with Gasteiger partial charge in [0, 0.05) is 37.6 Å². The van der Waals surface area contributed by atoms with Gasteiger partial charge >= 0.3 is 0 Å².